The van der Waals surface area contributed by atoms with Crippen LogP contribution in [0.4, 0.5) is 0 Å². The van der Waals surface area contributed by atoms with Crippen LogP contribution < -0.4 is 5.73 Å². The summed E-state index contributed by atoms with van der Waals surface area (Å²) in [5.41, 5.74) is 6.37. The van der Waals surface area contributed by atoms with Gasteiger partial charge >= 0.3 is 0 Å². The Morgan fingerprint density at radius 2 is 2.06 bits per heavy atom. The van der Waals surface area contributed by atoms with Gasteiger partial charge in [0, 0.05) is 24.7 Å². The molecule has 0 aromatic carbocycles. The van der Waals surface area contributed by atoms with Crippen molar-refractivity contribution in [3.05, 3.63) is 0 Å². The van der Waals surface area contributed by atoms with Crippen LogP contribution in [0.1, 0.15) is 46.0 Å². The van der Waals surface area contributed by atoms with Crippen LogP contribution in [0.25, 0.3) is 0 Å². The number of nitrogens with zero attached hydrogens (tertiary/aromatic N) is 1. The van der Waals surface area contributed by atoms with Crippen LogP contribution in [0.5, 0.6) is 0 Å². The largest absolute Gasteiger partial charge is 0.376 e. The highest BCUT2D eigenvalue weighted by atomic mass is 16.5. The van der Waals surface area contributed by atoms with E-state index < -0.39 is 0 Å². The third-order valence-corrected chi connectivity index (χ3v) is 4.46. The molecular weight excluding hydrogens is 200 g/mol. The third-order valence-electron chi connectivity index (χ3n) is 4.46. The molecule has 0 aromatic rings. The van der Waals surface area contributed by atoms with Crippen LogP contribution in [-0.2, 0) is 4.74 Å². The SMILES string of the molecule is CCC1COC(C)CN1C1(CN)CCCC1. The Hall–Kier alpha value is -0.120. The monoisotopic (exact) mass is 226 g/mol. The molecule has 2 unspecified atom stereocenters. The highest BCUT2D eigenvalue weighted by Crippen LogP contribution is 2.37. The van der Waals surface area contributed by atoms with Crippen LogP contribution >= 0.6 is 0 Å². The first-order valence-corrected chi connectivity index (χ1v) is 6.80. The van der Waals surface area contributed by atoms with Crippen molar-refractivity contribution < 1.29 is 4.74 Å². The standard InChI is InChI=1S/C13H26N2O/c1-3-12-9-16-11(2)8-15(12)13(10-14)6-4-5-7-13/h11-12H,3-10,14H2,1-2H3. The summed E-state index contributed by atoms with van der Waals surface area (Å²) in [5.74, 6) is 0. The maximum Gasteiger partial charge on any atom is 0.0675 e. The summed E-state index contributed by atoms with van der Waals surface area (Å²) < 4.78 is 5.78. The molecule has 1 heterocycles. The number of morpholine rings is 1. The molecule has 0 amide bonds. The van der Waals surface area contributed by atoms with E-state index in [0.29, 0.717) is 17.7 Å². The average Bonchev–Trinajstić information content (AvgIpc) is 2.78. The molecule has 2 fully saturated rings. The summed E-state index contributed by atoms with van der Waals surface area (Å²) in [6.07, 6.45) is 6.80. The van der Waals surface area contributed by atoms with Crippen molar-refractivity contribution in [1.29, 1.82) is 0 Å². The Morgan fingerprint density at radius 1 is 1.38 bits per heavy atom. The van der Waals surface area contributed by atoms with Crippen molar-refractivity contribution in [2.45, 2.75) is 63.6 Å². The van der Waals surface area contributed by atoms with Gasteiger partial charge in [-0.3, -0.25) is 4.90 Å². The average molecular weight is 226 g/mol. The summed E-state index contributed by atoms with van der Waals surface area (Å²) in [6, 6.07) is 0.581. The smallest absolute Gasteiger partial charge is 0.0675 e. The molecule has 1 saturated carbocycles. The van der Waals surface area contributed by atoms with Crippen molar-refractivity contribution in [2.75, 3.05) is 19.7 Å². The first kappa shape index (κ1) is 12.3. The first-order valence-electron chi connectivity index (χ1n) is 6.80. The normalized spacial score (nSPS) is 35.4. The molecule has 1 saturated heterocycles. The fourth-order valence-corrected chi connectivity index (χ4v) is 3.40. The zero-order valence-electron chi connectivity index (χ0n) is 10.7. The molecule has 2 aliphatic rings. The zero-order chi connectivity index (χ0) is 11.6. The van der Waals surface area contributed by atoms with E-state index in [1.165, 1.54) is 32.1 Å². The zero-order valence-corrected chi connectivity index (χ0v) is 10.7. The molecule has 2 atom stereocenters. The molecule has 3 nitrogen and oxygen atoms in total. The maximum atomic E-state index is 6.08. The predicted molar refractivity (Wildman–Crippen MR) is 66.5 cm³/mol. The Kier molecular flexibility index (Phi) is 3.88. The maximum absolute atomic E-state index is 6.08. The van der Waals surface area contributed by atoms with E-state index in [4.69, 9.17) is 10.5 Å². The molecule has 94 valence electrons. The van der Waals surface area contributed by atoms with Crippen molar-refractivity contribution in [1.82, 2.24) is 4.90 Å². The fraction of sp³-hybridized carbons (Fsp3) is 1.00. The molecular formula is C13H26N2O. The second-order valence-corrected chi connectivity index (χ2v) is 5.49. The number of ether oxygens (including phenoxy) is 1. The molecule has 1 aliphatic carbocycles. The van der Waals surface area contributed by atoms with E-state index in [0.717, 1.165) is 19.7 Å². The number of rotatable bonds is 3. The van der Waals surface area contributed by atoms with Gasteiger partial charge in [-0.05, 0) is 26.2 Å². The van der Waals surface area contributed by atoms with Gasteiger partial charge in [0.1, 0.15) is 0 Å². The third kappa shape index (κ3) is 2.13. The van der Waals surface area contributed by atoms with E-state index in [1.807, 2.05) is 0 Å². The lowest BCUT2D eigenvalue weighted by atomic mass is 9.91. The second-order valence-electron chi connectivity index (χ2n) is 5.49. The number of nitrogens with two attached hydrogens (primary N) is 1. The quantitative estimate of drug-likeness (QED) is 0.797. The Bertz CT molecular complexity index is 226. The molecule has 0 radical (unpaired) electrons. The lowest BCUT2D eigenvalue weighted by molar-refractivity contribution is -0.0974. The summed E-state index contributed by atoms with van der Waals surface area (Å²) in [5, 5.41) is 0. The van der Waals surface area contributed by atoms with Gasteiger partial charge in [0.2, 0.25) is 0 Å². The molecule has 1 aliphatic heterocycles. The molecule has 16 heavy (non-hydrogen) atoms. The summed E-state index contributed by atoms with van der Waals surface area (Å²) in [4.78, 5) is 2.67. The summed E-state index contributed by atoms with van der Waals surface area (Å²) in [7, 11) is 0. The first-order chi connectivity index (χ1) is 7.72. The summed E-state index contributed by atoms with van der Waals surface area (Å²) >= 11 is 0. The highest BCUT2D eigenvalue weighted by Gasteiger charge is 2.43. The summed E-state index contributed by atoms with van der Waals surface area (Å²) in [6.45, 7) is 7.21. The second kappa shape index (κ2) is 5.03. The van der Waals surface area contributed by atoms with Crippen molar-refractivity contribution >= 4 is 0 Å². The van der Waals surface area contributed by atoms with Gasteiger partial charge in [-0.2, -0.15) is 0 Å². The van der Waals surface area contributed by atoms with Gasteiger partial charge in [-0.1, -0.05) is 19.8 Å². The molecule has 2 N–H and O–H groups in total. The van der Waals surface area contributed by atoms with Crippen LogP contribution in [0.2, 0.25) is 0 Å². The lowest BCUT2D eigenvalue weighted by Gasteiger charge is -2.49. The van der Waals surface area contributed by atoms with Crippen LogP contribution in [0, 0.1) is 0 Å². The molecule has 3 heteroatoms. The molecule has 0 bridgehead atoms. The van der Waals surface area contributed by atoms with Gasteiger partial charge in [0.05, 0.1) is 12.7 Å². The molecule has 2 rings (SSSR count). The molecule has 0 aromatic heterocycles. The van der Waals surface area contributed by atoms with Crippen molar-refractivity contribution in [3.8, 4) is 0 Å². The predicted octanol–water partition coefficient (Wildman–Crippen LogP) is 1.76. The number of hydrogen-bond donors (Lipinski definition) is 1. The minimum atomic E-state index is 0.290. The van der Waals surface area contributed by atoms with E-state index in [-0.39, 0.29) is 0 Å². The van der Waals surface area contributed by atoms with Crippen molar-refractivity contribution in [2.24, 2.45) is 5.73 Å². The molecule has 0 spiro atoms. The van der Waals surface area contributed by atoms with Gasteiger partial charge in [-0.25, -0.2) is 0 Å². The van der Waals surface area contributed by atoms with Gasteiger partial charge < -0.3 is 10.5 Å². The Balaban J connectivity index is 2.13. The minimum absolute atomic E-state index is 0.290. The van der Waals surface area contributed by atoms with E-state index >= 15 is 0 Å². The van der Waals surface area contributed by atoms with E-state index in [2.05, 4.69) is 18.7 Å². The Morgan fingerprint density at radius 3 is 2.62 bits per heavy atom. The lowest BCUT2D eigenvalue weighted by Crippen LogP contribution is -2.61. The van der Waals surface area contributed by atoms with E-state index in [9.17, 15) is 0 Å². The fourth-order valence-electron chi connectivity index (χ4n) is 3.40. The van der Waals surface area contributed by atoms with Gasteiger partial charge in [-0.15, -0.1) is 0 Å². The van der Waals surface area contributed by atoms with Crippen LogP contribution in [0.3, 0.4) is 0 Å². The highest BCUT2D eigenvalue weighted by molar-refractivity contribution is 4.99. The van der Waals surface area contributed by atoms with E-state index in [1.54, 1.807) is 0 Å². The van der Waals surface area contributed by atoms with Gasteiger partial charge in [0.25, 0.3) is 0 Å². The number of hydrogen-bond acceptors (Lipinski definition) is 3. The van der Waals surface area contributed by atoms with Crippen molar-refractivity contribution in [3.63, 3.8) is 0 Å². The topological polar surface area (TPSA) is 38.5 Å². The van der Waals surface area contributed by atoms with Crippen LogP contribution in [0.15, 0.2) is 0 Å². The van der Waals surface area contributed by atoms with Crippen LogP contribution in [-0.4, -0.2) is 42.3 Å². The Labute approximate surface area is 99.3 Å². The van der Waals surface area contributed by atoms with Gasteiger partial charge in [0.15, 0.2) is 0 Å². The minimum Gasteiger partial charge on any atom is -0.376 e.